The van der Waals surface area contributed by atoms with Crippen molar-refractivity contribution in [2.24, 2.45) is 0 Å². The molecular weight excluding hydrogens is 461 g/mol. The SMILES string of the molecule is CC(=O)N1CCN(CC2(O)CCN(c3ccccc3F)CC2)C[C@@](O)(COc2cc(C)cc(C)c2)C1. The van der Waals surface area contributed by atoms with Crippen LogP contribution in [0, 0.1) is 19.7 Å². The Kier molecular flexibility index (Phi) is 7.87. The molecule has 1 atom stereocenters. The number of hydrogen-bond acceptors (Lipinski definition) is 6. The highest BCUT2D eigenvalue weighted by atomic mass is 19.1. The van der Waals surface area contributed by atoms with E-state index in [1.165, 1.54) is 13.0 Å². The maximum Gasteiger partial charge on any atom is 0.219 e. The second kappa shape index (κ2) is 10.7. The van der Waals surface area contributed by atoms with Gasteiger partial charge in [-0.2, -0.15) is 0 Å². The second-order valence-corrected chi connectivity index (χ2v) is 10.7. The van der Waals surface area contributed by atoms with Gasteiger partial charge in [-0.05, 0) is 62.1 Å². The van der Waals surface area contributed by atoms with Gasteiger partial charge in [-0.15, -0.1) is 0 Å². The van der Waals surface area contributed by atoms with Crippen LogP contribution in [0.3, 0.4) is 0 Å². The molecule has 2 aliphatic rings. The van der Waals surface area contributed by atoms with E-state index in [-0.39, 0.29) is 31.4 Å². The van der Waals surface area contributed by atoms with E-state index in [0.717, 1.165) is 11.1 Å². The molecule has 2 fully saturated rings. The van der Waals surface area contributed by atoms with E-state index >= 15 is 0 Å². The Morgan fingerprint density at radius 2 is 1.64 bits per heavy atom. The number of piperidine rings is 1. The number of carbonyl (C=O) groups is 1. The smallest absolute Gasteiger partial charge is 0.219 e. The molecule has 2 saturated heterocycles. The van der Waals surface area contributed by atoms with Crippen molar-refractivity contribution >= 4 is 11.6 Å². The predicted octanol–water partition coefficient (Wildman–Crippen LogP) is 2.75. The molecule has 2 N–H and O–H groups in total. The molecule has 2 aromatic carbocycles. The third kappa shape index (κ3) is 6.55. The molecule has 196 valence electrons. The molecule has 4 rings (SSSR count). The number of nitrogens with zero attached hydrogens (tertiary/aromatic N) is 3. The van der Waals surface area contributed by atoms with E-state index in [4.69, 9.17) is 4.74 Å². The Morgan fingerprint density at radius 3 is 2.28 bits per heavy atom. The summed E-state index contributed by atoms with van der Waals surface area (Å²) in [5, 5.41) is 23.0. The van der Waals surface area contributed by atoms with E-state index < -0.39 is 11.2 Å². The van der Waals surface area contributed by atoms with E-state index in [0.29, 0.717) is 57.0 Å². The number of anilines is 1. The van der Waals surface area contributed by atoms with Crippen LogP contribution in [0.15, 0.2) is 42.5 Å². The number of amides is 1. The number of benzene rings is 2. The van der Waals surface area contributed by atoms with E-state index in [1.807, 2.05) is 41.8 Å². The van der Waals surface area contributed by atoms with Crippen molar-refractivity contribution in [3.8, 4) is 5.75 Å². The fourth-order valence-corrected chi connectivity index (χ4v) is 5.42. The van der Waals surface area contributed by atoms with Gasteiger partial charge in [-0.3, -0.25) is 9.69 Å². The van der Waals surface area contributed by atoms with Gasteiger partial charge in [0.25, 0.3) is 0 Å². The molecule has 0 unspecified atom stereocenters. The molecule has 0 saturated carbocycles. The largest absolute Gasteiger partial charge is 0.490 e. The van der Waals surface area contributed by atoms with Crippen LogP contribution in [0.25, 0.3) is 0 Å². The summed E-state index contributed by atoms with van der Waals surface area (Å²) in [5.74, 6) is 0.331. The summed E-state index contributed by atoms with van der Waals surface area (Å²) in [7, 11) is 0. The first-order valence-electron chi connectivity index (χ1n) is 12.7. The molecule has 1 amide bonds. The normalized spacial score (nSPS) is 22.8. The van der Waals surface area contributed by atoms with Gasteiger partial charge in [-0.1, -0.05) is 18.2 Å². The Morgan fingerprint density at radius 1 is 0.972 bits per heavy atom. The van der Waals surface area contributed by atoms with Gasteiger partial charge in [0.2, 0.25) is 5.91 Å². The molecule has 2 heterocycles. The van der Waals surface area contributed by atoms with Crippen molar-refractivity contribution in [3.05, 3.63) is 59.4 Å². The Balaban J connectivity index is 1.42. The van der Waals surface area contributed by atoms with Crippen LogP contribution >= 0.6 is 0 Å². The van der Waals surface area contributed by atoms with Crippen LogP contribution in [-0.2, 0) is 4.79 Å². The van der Waals surface area contributed by atoms with Gasteiger partial charge in [0.1, 0.15) is 23.8 Å². The average molecular weight is 500 g/mol. The van der Waals surface area contributed by atoms with Crippen molar-refractivity contribution in [2.75, 3.05) is 57.3 Å². The highest BCUT2D eigenvalue weighted by Crippen LogP contribution is 2.30. The first-order chi connectivity index (χ1) is 17.0. The van der Waals surface area contributed by atoms with Crippen LogP contribution in [0.5, 0.6) is 5.75 Å². The van der Waals surface area contributed by atoms with E-state index in [9.17, 15) is 19.4 Å². The minimum atomic E-state index is -1.29. The molecule has 0 aliphatic carbocycles. The highest BCUT2D eigenvalue weighted by molar-refractivity contribution is 5.73. The number of ether oxygens (including phenoxy) is 1. The lowest BCUT2D eigenvalue weighted by Gasteiger charge is -2.42. The number of β-amino-alcohol motifs (C(OH)–C–C–N with tert-alkyl or cyclic N) is 2. The van der Waals surface area contributed by atoms with Crippen molar-refractivity contribution < 1.29 is 24.1 Å². The first-order valence-corrected chi connectivity index (χ1v) is 12.7. The standard InChI is InChI=1S/C28H38FN3O4/c1-21-14-22(2)16-24(15-21)36-20-28(35)18-30(12-13-32(19-28)23(3)33)17-27(34)8-10-31(11-9-27)26-7-5-4-6-25(26)29/h4-7,14-16,34-35H,8-13,17-20H2,1-3H3/t28-/m0/s1. The van der Waals surface area contributed by atoms with Crippen molar-refractivity contribution in [1.29, 1.82) is 0 Å². The average Bonchev–Trinajstić information content (AvgIpc) is 2.97. The van der Waals surface area contributed by atoms with Gasteiger partial charge >= 0.3 is 0 Å². The minimum Gasteiger partial charge on any atom is -0.490 e. The summed E-state index contributed by atoms with van der Waals surface area (Å²) in [6.07, 6.45) is 0.984. The van der Waals surface area contributed by atoms with Gasteiger partial charge in [-0.25, -0.2) is 4.39 Å². The van der Waals surface area contributed by atoms with Crippen molar-refractivity contribution in [1.82, 2.24) is 9.80 Å². The lowest BCUT2D eigenvalue weighted by molar-refractivity contribution is -0.132. The number of aryl methyl sites for hydroxylation is 2. The Hall–Kier alpha value is -2.68. The molecule has 2 aromatic rings. The van der Waals surface area contributed by atoms with Gasteiger partial charge in [0.05, 0.1) is 17.8 Å². The molecule has 2 aliphatic heterocycles. The van der Waals surface area contributed by atoms with Crippen LogP contribution < -0.4 is 9.64 Å². The fraction of sp³-hybridized carbons (Fsp3) is 0.536. The monoisotopic (exact) mass is 499 g/mol. The lowest BCUT2D eigenvalue weighted by atomic mass is 9.90. The maximum atomic E-state index is 14.2. The molecule has 0 aromatic heterocycles. The highest BCUT2D eigenvalue weighted by Gasteiger charge is 2.41. The minimum absolute atomic E-state index is 0.0374. The molecule has 36 heavy (non-hydrogen) atoms. The zero-order chi connectivity index (χ0) is 25.9. The molecule has 0 bridgehead atoms. The number of carbonyl (C=O) groups excluding carboxylic acids is 1. The number of para-hydroxylation sites is 1. The van der Waals surface area contributed by atoms with Crippen molar-refractivity contribution in [3.63, 3.8) is 0 Å². The van der Waals surface area contributed by atoms with Crippen LogP contribution in [0.1, 0.15) is 30.9 Å². The zero-order valence-corrected chi connectivity index (χ0v) is 21.5. The van der Waals surface area contributed by atoms with Crippen LogP contribution in [0.4, 0.5) is 10.1 Å². The van der Waals surface area contributed by atoms with Crippen LogP contribution in [0.2, 0.25) is 0 Å². The zero-order valence-electron chi connectivity index (χ0n) is 21.5. The Labute approximate surface area is 213 Å². The summed E-state index contributed by atoms with van der Waals surface area (Å²) < 4.78 is 20.2. The molecular formula is C28H38FN3O4. The predicted molar refractivity (Wildman–Crippen MR) is 138 cm³/mol. The third-order valence-corrected chi connectivity index (χ3v) is 7.24. The van der Waals surface area contributed by atoms with E-state index in [2.05, 4.69) is 6.07 Å². The molecule has 7 nitrogen and oxygen atoms in total. The second-order valence-electron chi connectivity index (χ2n) is 10.7. The lowest BCUT2D eigenvalue weighted by Crippen LogP contribution is -2.56. The van der Waals surface area contributed by atoms with Gasteiger partial charge in [0, 0.05) is 46.2 Å². The quantitative estimate of drug-likeness (QED) is 0.637. The number of halogens is 1. The summed E-state index contributed by atoms with van der Waals surface area (Å²) in [4.78, 5) is 17.9. The molecule has 0 spiro atoms. The number of hydrogen-bond donors (Lipinski definition) is 2. The van der Waals surface area contributed by atoms with Crippen molar-refractivity contribution in [2.45, 2.75) is 44.8 Å². The fourth-order valence-electron chi connectivity index (χ4n) is 5.42. The van der Waals surface area contributed by atoms with Crippen LogP contribution in [-0.4, -0.2) is 89.5 Å². The number of rotatable bonds is 6. The first kappa shape index (κ1) is 26.4. The van der Waals surface area contributed by atoms with E-state index in [1.54, 1.807) is 17.0 Å². The summed E-state index contributed by atoms with van der Waals surface area (Å²) in [6, 6.07) is 12.6. The van der Waals surface area contributed by atoms with Gasteiger partial charge in [0.15, 0.2) is 0 Å². The molecule has 8 heteroatoms. The summed E-state index contributed by atoms with van der Waals surface area (Å²) >= 11 is 0. The Bertz CT molecular complexity index is 1050. The summed E-state index contributed by atoms with van der Waals surface area (Å²) in [5.41, 5.74) is 0.471. The molecule has 0 radical (unpaired) electrons. The third-order valence-electron chi connectivity index (χ3n) is 7.24. The summed E-state index contributed by atoms with van der Waals surface area (Å²) in [6.45, 7) is 8.47. The maximum absolute atomic E-state index is 14.2. The van der Waals surface area contributed by atoms with Gasteiger partial charge < -0.3 is 24.7 Å². The number of aliphatic hydroxyl groups is 2. The topological polar surface area (TPSA) is 76.5 Å².